The van der Waals surface area contributed by atoms with Crippen molar-refractivity contribution in [3.05, 3.63) is 11.4 Å². The summed E-state index contributed by atoms with van der Waals surface area (Å²) < 4.78 is 0. The number of rotatable bonds is 0. The lowest BCUT2D eigenvalue weighted by Crippen LogP contribution is -2.09. The van der Waals surface area contributed by atoms with E-state index < -0.39 is 0 Å². The predicted molar refractivity (Wildman–Crippen MR) is 27.9 cm³/mol. The van der Waals surface area contributed by atoms with Crippen LogP contribution in [0.2, 0.25) is 0 Å². The fraction of sp³-hybridized carbons (Fsp3) is 0.800. The highest BCUT2D eigenvalue weighted by atomic mass is 15.0. The van der Waals surface area contributed by atoms with Gasteiger partial charge in [-0.15, -0.1) is 0 Å². The predicted octanol–water partition coefficient (Wildman–Crippen LogP) is 0.268. The summed E-state index contributed by atoms with van der Waals surface area (Å²) in [6.07, 6.45) is 1.05. The molecule has 1 saturated heterocycles. The van der Waals surface area contributed by atoms with Gasteiger partial charge in [0.1, 0.15) is 0 Å². The number of hydrogen-bond acceptors (Lipinski definition) is 1. The topological polar surface area (TPSA) is 16.4 Å². The van der Waals surface area contributed by atoms with E-state index in [1.807, 2.05) is 0 Å². The third-order valence-corrected chi connectivity index (χ3v) is 1.22. The maximum absolute atomic E-state index is 6.58. The van der Waals surface area contributed by atoms with Crippen molar-refractivity contribution in [3.8, 4) is 0 Å². The van der Waals surface area contributed by atoms with Gasteiger partial charge in [0.2, 0.25) is 6.04 Å². The molecular weight excluding hydrogens is 88.1 g/mol. The molecule has 0 spiro atoms. The van der Waals surface area contributed by atoms with Crippen LogP contribution in [0.25, 0.3) is 4.85 Å². The van der Waals surface area contributed by atoms with Gasteiger partial charge < -0.3 is 10.2 Å². The van der Waals surface area contributed by atoms with Gasteiger partial charge in [0.15, 0.2) is 0 Å². The Labute approximate surface area is 43.3 Å². The molecule has 0 aromatic heterocycles. The molecule has 0 aliphatic carbocycles. The van der Waals surface area contributed by atoms with Gasteiger partial charge in [0.25, 0.3) is 0 Å². The van der Waals surface area contributed by atoms with E-state index in [1.54, 1.807) is 0 Å². The Morgan fingerprint density at radius 2 is 2.57 bits per heavy atom. The van der Waals surface area contributed by atoms with Crippen molar-refractivity contribution >= 4 is 0 Å². The smallest absolute Gasteiger partial charge is 0.237 e. The van der Waals surface area contributed by atoms with Crippen LogP contribution in [-0.2, 0) is 0 Å². The first-order valence-electron chi connectivity index (χ1n) is 2.51. The summed E-state index contributed by atoms with van der Waals surface area (Å²) in [6, 6.07) is 0.278. The molecule has 0 radical (unpaired) electrons. The van der Waals surface area contributed by atoms with E-state index in [0.717, 1.165) is 19.5 Å². The molecule has 1 heterocycles. The Morgan fingerprint density at radius 3 is 2.86 bits per heavy atom. The van der Waals surface area contributed by atoms with Crippen molar-refractivity contribution in [1.82, 2.24) is 5.32 Å². The monoisotopic (exact) mass is 96.1 g/mol. The van der Waals surface area contributed by atoms with Crippen molar-refractivity contribution in [3.63, 3.8) is 0 Å². The summed E-state index contributed by atoms with van der Waals surface area (Å²) in [5.41, 5.74) is 0. The van der Waals surface area contributed by atoms with Crippen LogP contribution in [0.1, 0.15) is 6.42 Å². The molecule has 0 amide bonds. The molecule has 1 rings (SSSR count). The minimum Gasteiger partial charge on any atom is -0.312 e. The molecule has 38 valence electrons. The van der Waals surface area contributed by atoms with Gasteiger partial charge in [-0.05, 0) is 0 Å². The SMILES string of the molecule is [C-]#[N+]C1CCNC1. The zero-order valence-corrected chi connectivity index (χ0v) is 4.15. The van der Waals surface area contributed by atoms with Gasteiger partial charge in [-0.25, -0.2) is 6.57 Å². The second-order valence-corrected chi connectivity index (χ2v) is 1.78. The van der Waals surface area contributed by atoms with Crippen LogP contribution >= 0.6 is 0 Å². The van der Waals surface area contributed by atoms with Crippen molar-refractivity contribution in [1.29, 1.82) is 0 Å². The van der Waals surface area contributed by atoms with Crippen molar-refractivity contribution in [2.24, 2.45) is 0 Å². The molecule has 0 bridgehead atoms. The van der Waals surface area contributed by atoms with Gasteiger partial charge in [0.05, 0.1) is 6.54 Å². The lowest BCUT2D eigenvalue weighted by molar-refractivity contribution is 0.837. The summed E-state index contributed by atoms with van der Waals surface area (Å²) >= 11 is 0. The average molecular weight is 96.1 g/mol. The third kappa shape index (κ3) is 0.908. The minimum absolute atomic E-state index is 0.278. The molecule has 1 aliphatic rings. The Kier molecular flexibility index (Phi) is 1.28. The van der Waals surface area contributed by atoms with E-state index in [-0.39, 0.29) is 6.04 Å². The standard InChI is InChI=1S/C5H8N2/c1-6-5-2-3-7-4-5/h5,7H,2-4H2. The molecule has 2 heteroatoms. The Balaban J connectivity index is 2.31. The summed E-state index contributed by atoms with van der Waals surface area (Å²) in [7, 11) is 0. The molecule has 1 aliphatic heterocycles. The summed E-state index contributed by atoms with van der Waals surface area (Å²) in [6.45, 7) is 8.53. The lowest BCUT2D eigenvalue weighted by Gasteiger charge is -1.84. The Hall–Kier alpha value is -0.550. The molecule has 1 unspecified atom stereocenters. The number of nitrogens with one attached hydrogen (secondary N) is 1. The van der Waals surface area contributed by atoms with Gasteiger partial charge in [-0.3, -0.25) is 0 Å². The minimum atomic E-state index is 0.278. The van der Waals surface area contributed by atoms with E-state index in [0.29, 0.717) is 0 Å². The lowest BCUT2D eigenvalue weighted by atomic mass is 10.3. The second kappa shape index (κ2) is 1.94. The molecule has 1 N–H and O–H groups in total. The van der Waals surface area contributed by atoms with Crippen molar-refractivity contribution < 1.29 is 0 Å². The molecule has 0 aromatic rings. The molecule has 1 atom stereocenters. The van der Waals surface area contributed by atoms with Crippen LogP contribution in [0.4, 0.5) is 0 Å². The van der Waals surface area contributed by atoms with Gasteiger partial charge in [0, 0.05) is 13.0 Å². The summed E-state index contributed by atoms with van der Waals surface area (Å²) in [4.78, 5) is 3.38. The maximum Gasteiger partial charge on any atom is 0.237 e. The van der Waals surface area contributed by atoms with Crippen LogP contribution < -0.4 is 5.32 Å². The highest BCUT2D eigenvalue weighted by Gasteiger charge is 2.16. The van der Waals surface area contributed by atoms with Crippen LogP contribution in [0.3, 0.4) is 0 Å². The quantitative estimate of drug-likeness (QED) is 0.428. The largest absolute Gasteiger partial charge is 0.312 e. The van der Waals surface area contributed by atoms with E-state index in [4.69, 9.17) is 6.57 Å². The maximum atomic E-state index is 6.58. The third-order valence-electron chi connectivity index (χ3n) is 1.22. The second-order valence-electron chi connectivity index (χ2n) is 1.78. The van der Waals surface area contributed by atoms with Gasteiger partial charge in [-0.2, -0.15) is 0 Å². The molecule has 7 heavy (non-hydrogen) atoms. The van der Waals surface area contributed by atoms with E-state index >= 15 is 0 Å². The molecule has 1 fully saturated rings. The van der Waals surface area contributed by atoms with Crippen LogP contribution in [-0.4, -0.2) is 19.1 Å². The van der Waals surface area contributed by atoms with Crippen molar-refractivity contribution in [2.45, 2.75) is 12.5 Å². The number of hydrogen-bond donors (Lipinski definition) is 1. The van der Waals surface area contributed by atoms with Crippen LogP contribution in [0.15, 0.2) is 0 Å². The van der Waals surface area contributed by atoms with E-state index in [9.17, 15) is 0 Å². The molecule has 2 nitrogen and oxygen atoms in total. The highest BCUT2D eigenvalue weighted by Crippen LogP contribution is 2.00. The fourth-order valence-corrected chi connectivity index (χ4v) is 0.750. The van der Waals surface area contributed by atoms with Crippen molar-refractivity contribution in [2.75, 3.05) is 13.1 Å². The average Bonchev–Trinajstić information content (AvgIpc) is 2.14. The molecule has 0 saturated carbocycles. The highest BCUT2D eigenvalue weighted by molar-refractivity contribution is 4.86. The first kappa shape index (κ1) is 4.61. The van der Waals surface area contributed by atoms with Crippen LogP contribution in [0, 0.1) is 6.57 Å². The molecular formula is C5H8N2. The van der Waals surface area contributed by atoms with Gasteiger partial charge >= 0.3 is 0 Å². The first-order chi connectivity index (χ1) is 3.43. The van der Waals surface area contributed by atoms with E-state index in [1.165, 1.54) is 0 Å². The fourth-order valence-electron chi connectivity index (χ4n) is 0.750. The summed E-state index contributed by atoms with van der Waals surface area (Å²) in [5, 5.41) is 3.11. The normalized spacial score (nSPS) is 29.9. The van der Waals surface area contributed by atoms with Crippen LogP contribution in [0.5, 0.6) is 0 Å². The number of nitrogens with zero attached hydrogens (tertiary/aromatic N) is 1. The summed E-state index contributed by atoms with van der Waals surface area (Å²) in [5.74, 6) is 0. The zero-order valence-electron chi connectivity index (χ0n) is 4.15. The zero-order chi connectivity index (χ0) is 5.11. The van der Waals surface area contributed by atoms with E-state index in [2.05, 4.69) is 10.2 Å². The Bertz CT molecular complexity index is 86.7. The Morgan fingerprint density at radius 1 is 1.71 bits per heavy atom. The first-order valence-corrected chi connectivity index (χ1v) is 2.51. The molecule has 0 aromatic carbocycles. The van der Waals surface area contributed by atoms with Gasteiger partial charge in [-0.1, -0.05) is 0 Å².